The molecule has 0 bridgehead atoms. The summed E-state index contributed by atoms with van der Waals surface area (Å²) in [7, 11) is 0. The molecule has 1 aliphatic rings. The number of hydrogen-bond donors (Lipinski definition) is 1. The van der Waals surface area contributed by atoms with Crippen molar-refractivity contribution < 1.29 is 13.6 Å². The number of benzene rings is 2. The Balaban J connectivity index is 1.55. The quantitative estimate of drug-likeness (QED) is 0.916. The molecule has 0 unspecified atom stereocenters. The summed E-state index contributed by atoms with van der Waals surface area (Å²) < 4.78 is 26.4. The third-order valence-electron chi connectivity index (χ3n) is 4.54. The molecule has 2 aromatic carbocycles. The number of nitrogens with zero attached hydrogens (tertiary/aromatic N) is 2. The van der Waals surface area contributed by atoms with Crippen molar-refractivity contribution in [3.63, 3.8) is 0 Å². The number of hydrogen-bond acceptors (Lipinski definition) is 2. The number of nitrogens with one attached hydrogen (secondary N) is 1. The summed E-state index contributed by atoms with van der Waals surface area (Å²) >= 11 is 0. The maximum Gasteiger partial charge on any atom is 0.321 e. The van der Waals surface area contributed by atoms with E-state index in [1.807, 2.05) is 18.2 Å². The summed E-state index contributed by atoms with van der Waals surface area (Å²) in [4.78, 5) is 16.3. The minimum absolute atomic E-state index is 0.127. The molecule has 25 heavy (non-hydrogen) atoms. The van der Waals surface area contributed by atoms with Crippen LogP contribution in [0.15, 0.2) is 48.5 Å². The summed E-state index contributed by atoms with van der Waals surface area (Å²) in [6, 6.07) is 13.2. The normalized spacial score (nSPS) is 16.5. The molecule has 2 amide bonds. The first-order valence-electron chi connectivity index (χ1n) is 8.34. The van der Waals surface area contributed by atoms with Gasteiger partial charge >= 0.3 is 6.03 Å². The third kappa shape index (κ3) is 4.33. The SMILES string of the molecule is C[C@H](c1ccccc1)N1CCN(C(=O)Nc2cc(F)cc(F)c2)CC1. The number of rotatable bonds is 3. The Morgan fingerprint density at radius 3 is 2.20 bits per heavy atom. The first-order chi connectivity index (χ1) is 12.0. The molecule has 0 aliphatic carbocycles. The molecule has 0 saturated carbocycles. The van der Waals surface area contributed by atoms with Gasteiger partial charge in [0.1, 0.15) is 11.6 Å². The lowest BCUT2D eigenvalue weighted by Crippen LogP contribution is -2.50. The van der Waals surface area contributed by atoms with Crippen molar-refractivity contribution in [2.45, 2.75) is 13.0 Å². The van der Waals surface area contributed by atoms with Crippen molar-refractivity contribution in [3.8, 4) is 0 Å². The van der Waals surface area contributed by atoms with Crippen molar-refractivity contribution in [3.05, 3.63) is 65.7 Å². The number of carbonyl (C=O) groups excluding carboxylic acids is 1. The van der Waals surface area contributed by atoms with Gasteiger partial charge in [0, 0.05) is 44.0 Å². The van der Waals surface area contributed by atoms with Crippen LogP contribution in [0, 0.1) is 11.6 Å². The first kappa shape index (κ1) is 17.4. The van der Waals surface area contributed by atoms with E-state index in [1.54, 1.807) is 4.90 Å². The number of urea groups is 1. The van der Waals surface area contributed by atoms with Crippen molar-refractivity contribution >= 4 is 11.7 Å². The van der Waals surface area contributed by atoms with Crippen LogP contribution in [0.4, 0.5) is 19.3 Å². The highest BCUT2D eigenvalue weighted by molar-refractivity contribution is 5.89. The largest absolute Gasteiger partial charge is 0.322 e. The first-order valence-corrected chi connectivity index (χ1v) is 8.34. The summed E-state index contributed by atoms with van der Waals surface area (Å²) in [5.74, 6) is -1.42. The molecule has 6 heteroatoms. The van der Waals surface area contributed by atoms with Crippen LogP contribution >= 0.6 is 0 Å². The Morgan fingerprint density at radius 2 is 1.60 bits per heavy atom. The Kier molecular flexibility index (Phi) is 5.28. The van der Waals surface area contributed by atoms with Crippen LogP contribution < -0.4 is 5.32 Å². The topological polar surface area (TPSA) is 35.6 Å². The molecule has 1 fully saturated rings. The van der Waals surface area contributed by atoms with Gasteiger partial charge in [0.2, 0.25) is 0 Å². The molecule has 3 rings (SSSR count). The van der Waals surface area contributed by atoms with Crippen LogP contribution in [0.25, 0.3) is 0 Å². The monoisotopic (exact) mass is 345 g/mol. The molecular weight excluding hydrogens is 324 g/mol. The van der Waals surface area contributed by atoms with Crippen LogP contribution in [0.1, 0.15) is 18.5 Å². The summed E-state index contributed by atoms with van der Waals surface area (Å²) in [6.07, 6.45) is 0. The molecule has 1 saturated heterocycles. The fourth-order valence-electron chi connectivity index (χ4n) is 3.08. The van der Waals surface area contributed by atoms with Crippen molar-refractivity contribution in [2.24, 2.45) is 0 Å². The standard InChI is InChI=1S/C19H21F2N3O/c1-14(15-5-3-2-4-6-15)23-7-9-24(10-8-23)19(25)22-18-12-16(20)11-17(21)13-18/h2-6,11-14H,7-10H2,1H3,(H,22,25)/t14-/m1/s1. The summed E-state index contributed by atoms with van der Waals surface area (Å²) in [5.41, 5.74) is 1.37. The van der Waals surface area contributed by atoms with E-state index in [0.29, 0.717) is 13.1 Å². The second-order valence-electron chi connectivity index (χ2n) is 6.20. The maximum atomic E-state index is 13.2. The van der Waals surface area contributed by atoms with Gasteiger partial charge < -0.3 is 10.2 Å². The Bertz CT molecular complexity index is 710. The highest BCUT2D eigenvalue weighted by atomic mass is 19.1. The summed E-state index contributed by atoms with van der Waals surface area (Å²) in [5, 5.41) is 2.56. The highest BCUT2D eigenvalue weighted by Gasteiger charge is 2.24. The predicted molar refractivity (Wildman–Crippen MR) is 93.4 cm³/mol. The van der Waals surface area contributed by atoms with Crippen LogP contribution in [-0.2, 0) is 0 Å². The van der Waals surface area contributed by atoms with E-state index in [2.05, 4.69) is 29.3 Å². The van der Waals surface area contributed by atoms with Crippen LogP contribution in [0.2, 0.25) is 0 Å². The average Bonchev–Trinajstić information content (AvgIpc) is 2.61. The molecule has 0 aromatic heterocycles. The Hall–Kier alpha value is -2.47. The molecule has 0 radical (unpaired) electrons. The second kappa shape index (κ2) is 7.61. The lowest BCUT2D eigenvalue weighted by molar-refractivity contribution is 0.119. The molecule has 1 N–H and O–H groups in total. The summed E-state index contributed by atoms with van der Waals surface area (Å²) in [6.45, 7) is 4.80. The maximum absolute atomic E-state index is 13.2. The van der Waals surface area contributed by atoms with Crippen LogP contribution in [0.3, 0.4) is 0 Å². The van der Waals surface area contributed by atoms with Gasteiger partial charge in [0.05, 0.1) is 0 Å². The van der Waals surface area contributed by atoms with Gasteiger partial charge in [-0.05, 0) is 24.6 Å². The van der Waals surface area contributed by atoms with E-state index in [9.17, 15) is 13.6 Å². The third-order valence-corrected chi connectivity index (χ3v) is 4.54. The smallest absolute Gasteiger partial charge is 0.321 e. The molecule has 132 valence electrons. The fourth-order valence-corrected chi connectivity index (χ4v) is 3.08. The number of amides is 2. The van der Waals surface area contributed by atoms with Gasteiger partial charge in [-0.1, -0.05) is 30.3 Å². The van der Waals surface area contributed by atoms with Crippen molar-refractivity contribution in [1.82, 2.24) is 9.80 Å². The Morgan fingerprint density at radius 1 is 1.00 bits per heavy atom. The molecule has 1 heterocycles. The van der Waals surface area contributed by atoms with E-state index >= 15 is 0 Å². The lowest BCUT2D eigenvalue weighted by atomic mass is 10.1. The van der Waals surface area contributed by atoms with Gasteiger partial charge in [0.15, 0.2) is 0 Å². The predicted octanol–water partition coefficient (Wildman–Crippen LogP) is 3.88. The number of piperazine rings is 1. The van der Waals surface area contributed by atoms with Gasteiger partial charge in [-0.25, -0.2) is 13.6 Å². The van der Waals surface area contributed by atoms with E-state index in [-0.39, 0.29) is 17.8 Å². The van der Waals surface area contributed by atoms with Gasteiger partial charge in [-0.2, -0.15) is 0 Å². The van der Waals surface area contributed by atoms with E-state index in [0.717, 1.165) is 31.3 Å². The van der Waals surface area contributed by atoms with E-state index in [4.69, 9.17) is 0 Å². The number of anilines is 1. The molecule has 2 aromatic rings. The van der Waals surface area contributed by atoms with Gasteiger partial charge in [-0.15, -0.1) is 0 Å². The minimum Gasteiger partial charge on any atom is -0.322 e. The minimum atomic E-state index is -0.711. The zero-order valence-corrected chi connectivity index (χ0v) is 14.1. The van der Waals surface area contributed by atoms with Gasteiger partial charge in [0.25, 0.3) is 0 Å². The highest BCUT2D eigenvalue weighted by Crippen LogP contribution is 2.21. The van der Waals surface area contributed by atoms with Crippen LogP contribution in [0.5, 0.6) is 0 Å². The number of halogens is 2. The zero-order chi connectivity index (χ0) is 17.8. The van der Waals surface area contributed by atoms with Crippen molar-refractivity contribution in [1.29, 1.82) is 0 Å². The zero-order valence-electron chi connectivity index (χ0n) is 14.1. The molecule has 0 spiro atoms. The molecular formula is C19H21F2N3O. The lowest BCUT2D eigenvalue weighted by Gasteiger charge is -2.38. The Labute approximate surface area is 146 Å². The fraction of sp³-hybridized carbons (Fsp3) is 0.316. The van der Waals surface area contributed by atoms with E-state index in [1.165, 1.54) is 5.56 Å². The van der Waals surface area contributed by atoms with Crippen molar-refractivity contribution in [2.75, 3.05) is 31.5 Å². The molecule has 4 nitrogen and oxygen atoms in total. The van der Waals surface area contributed by atoms with E-state index < -0.39 is 11.6 Å². The molecule has 1 aliphatic heterocycles. The average molecular weight is 345 g/mol. The van der Waals surface area contributed by atoms with Crippen LogP contribution in [-0.4, -0.2) is 42.0 Å². The van der Waals surface area contributed by atoms with Gasteiger partial charge in [-0.3, -0.25) is 4.90 Å². The molecule has 1 atom stereocenters. The number of carbonyl (C=O) groups is 1. The second-order valence-corrected chi connectivity index (χ2v) is 6.20.